The van der Waals surface area contributed by atoms with Crippen molar-refractivity contribution >= 4 is 11.8 Å². The van der Waals surface area contributed by atoms with E-state index < -0.39 is 6.04 Å². The van der Waals surface area contributed by atoms with Gasteiger partial charge in [-0.25, -0.2) is 4.68 Å². The summed E-state index contributed by atoms with van der Waals surface area (Å²) < 4.78 is 20.4. The number of morpholine rings is 1. The molecule has 3 aromatic rings. The van der Waals surface area contributed by atoms with Crippen LogP contribution in [0.25, 0.3) is 0 Å². The van der Waals surface area contributed by atoms with Gasteiger partial charge in [-0.05, 0) is 48.9 Å². The van der Waals surface area contributed by atoms with Crippen LogP contribution in [-0.4, -0.2) is 125 Å². The lowest BCUT2D eigenvalue weighted by atomic mass is 9.96. The third kappa shape index (κ3) is 6.58. The van der Waals surface area contributed by atoms with Crippen LogP contribution in [0.2, 0.25) is 0 Å². The maximum Gasteiger partial charge on any atom is 0.258 e. The van der Waals surface area contributed by atoms with Crippen LogP contribution < -0.4 is 10.1 Å². The van der Waals surface area contributed by atoms with Crippen LogP contribution in [0.1, 0.15) is 52.5 Å². The third-order valence-electron chi connectivity index (χ3n) is 10.8. The number of carbonyl (C=O) groups excluding carboxylic acids is 2. The zero-order valence-electron chi connectivity index (χ0n) is 27.4. The second-order valence-corrected chi connectivity index (χ2v) is 13.7. The molecule has 1 N–H and O–H groups in total. The minimum Gasteiger partial charge on any atom is -0.493 e. The monoisotopic (exact) mass is 655 g/mol. The fourth-order valence-corrected chi connectivity index (χ4v) is 8.12. The van der Waals surface area contributed by atoms with Crippen molar-refractivity contribution in [2.45, 2.75) is 69.0 Å². The SMILES string of the molecule is O=C1NC[C@H]2O[C@H](CCOc3ccccc3C(=O)N3CCN(C4Cc5ccccc5C4)C[C@@H]13)CC[C@H]2n1cc(CN2CCOCC2)nn1. The smallest absolute Gasteiger partial charge is 0.258 e. The van der Waals surface area contributed by atoms with E-state index in [1.165, 1.54) is 11.1 Å². The summed E-state index contributed by atoms with van der Waals surface area (Å²) in [5.74, 6) is 0.227. The molecule has 2 aromatic carbocycles. The molecule has 0 unspecified atom stereocenters. The Bertz CT molecular complexity index is 1580. The lowest BCUT2D eigenvalue weighted by Gasteiger charge is -2.43. The van der Waals surface area contributed by atoms with Gasteiger partial charge in [0, 0.05) is 58.3 Å². The molecular formula is C36H45N7O5. The van der Waals surface area contributed by atoms with E-state index in [0.717, 1.165) is 64.2 Å². The van der Waals surface area contributed by atoms with E-state index in [1.54, 1.807) is 4.90 Å². The van der Waals surface area contributed by atoms with Gasteiger partial charge in [-0.3, -0.25) is 19.4 Å². The molecule has 0 saturated carbocycles. The molecule has 4 aliphatic heterocycles. The fourth-order valence-electron chi connectivity index (χ4n) is 8.12. The highest BCUT2D eigenvalue weighted by atomic mass is 16.5. The first-order valence-electron chi connectivity index (χ1n) is 17.6. The number of nitrogens with zero attached hydrogens (tertiary/aromatic N) is 6. The molecule has 0 spiro atoms. The number of hydrogen-bond donors (Lipinski definition) is 1. The average Bonchev–Trinajstić information content (AvgIpc) is 3.78. The number of rotatable bonds is 4. The first-order chi connectivity index (χ1) is 23.6. The van der Waals surface area contributed by atoms with Crippen LogP contribution in [-0.2, 0) is 33.7 Å². The van der Waals surface area contributed by atoms with Gasteiger partial charge in [-0.1, -0.05) is 41.6 Å². The predicted molar refractivity (Wildman–Crippen MR) is 177 cm³/mol. The highest BCUT2D eigenvalue weighted by Crippen LogP contribution is 2.32. The molecular weight excluding hydrogens is 610 g/mol. The van der Waals surface area contributed by atoms with Gasteiger partial charge < -0.3 is 24.4 Å². The Labute approximate surface area is 281 Å². The molecule has 1 aliphatic carbocycles. The Morgan fingerprint density at radius 2 is 1.67 bits per heavy atom. The van der Waals surface area contributed by atoms with Crippen LogP contribution in [0, 0.1) is 0 Å². The standard InChI is InChI=1S/C36H45N7O5/c44-35-32-24-41(28-19-25-5-1-2-6-26(25)20-28)12-13-42(32)36(45)30-7-3-4-8-33(30)47-16-11-29-9-10-31(34(48-29)21-37-35)43-23-27(38-39-43)22-40-14-17-46-18-15-40/h1-8,23,28-29,31-32,34H,9-22,24H2,(H,37,44)/t29-,31+,32-,34+/m0/s1. The molecule has 2 amide bonds. The van der Waals surface area contributed by atoms with Crippen molar-refractivity contribution in [2.75, 3.05) is 59.1 Å². The van der Waals surface area contributed by atoms with Crippen molar-refractivity contribution in [1.29, 1.82) is 0 Å². The Kier molecular flexibility index (Phi) is 9.13. The zero-order valence-corrected chi connectivity index (χ0v) is 27.4. The number of ether oxygens (including phenoxy) is 3. The molecule has 12 heteroatoms. The first-order valence-corrected chi connectivity index (χ1v) is 17.6. The fraction of sp³-hybridized carbons (Fsp3) is 0.556. The van der Waals surface area contributed by atoms with Gasteiger partial charge >= 0.3 is 0 Å². The van der Waals surface area contributed by atoms with Crippen molar-refractivity contribution in [1.82, 2.24) is 35.0 Å². The first kappa shape index (κ1) is 31.4. The number of hydrogen-bond acceptors (Lipinski definition) is 9. The summed E-state index contributed by atoms with van der Waals surface area (Å²) in [6.07, 6.45) is 5.99. The van der Waals surface area contributed by atoms with Gasteiger partial charge in [0.1, 0.15) is 11.8 Å². The highest BCUT2D eigenvalue weighted by molar-refractivity contribution is 6.00. The number of nitrogens with one attached hydrogen (secondary N) is 1. The lowest BCUT2D eigenvalue weighted by molar-refractivity contribution is -0.131. The average molecular weight is 656 g/mol. The number of carbonyl (C=O) groups is 2. The van der Waals surface area contributed by atoms with Crippen LogP contribution >= 0.6 is 0 Å². The quantitative estimate of drug-likeness (QED) is 0.452. The maximum absolute atomic E-state index is 14.2. The zero-order chi connectivity index (χ0) is 32.5. The van der Waals surface area contributed by atoms with Crippen LogP contribution in [0.15, 0.2) is 54.7 Å². The molecule has 0 radical (unpaired) electrons. The number of benzene rings is 2. The second kappa shape index (κ2) is 13.9. The Morgan fingerprint density at radius 3 is 2.50 bits per heavy atom. The van der Waals surface area contributed by atoms with Crippen molar-refractivity contribution in [2.24, 2.45) is 0 Å². The van der Waals surface area contributed by atoms with Crippen molar-refractivity contribution in [3.63, 3.8) is 0 Å². The van der Waals surface area contributed by atoms with Crippen LogP contribution in [0.4, 0.5) is 0 Å². The summed E-state index contributed by atoms with van der Waals surface area (Å²) in [6, 6.07) is 15.6. The predicted octanol–water partition coefficient (Wildman–Crippen LogP) is 2.09. The maximum atomic E-state index is 14.2. The minimum absolute atomic E-state index is 0.0315. The van der Waals surface area contributed by atoms with Crippen LogP contribution in [0.3, 0.4) is 0 Å². The van der Waals surface area contributed by atoms with E-state index >= 15 is 0 Å². The number of piperazine rings is 1. The molecule has 254 valence electrons. The van der Waals surface area contributed by atoms with Crippen molar-refractivity contribution in [3.05, 3.63) is 77.1 Å². The summed E-state index contributed by atoms with van der Waals surface area (Å²) in [5.41, 5.74) is 4.16. The largest absolute Gasteiger partial charge is 0.493 e. The molecule has 4 atom stereocenters. The Hall–Kier alpha value is -3.84. The van der Waals surface area contributed by atoms with E-state index in [9.17, 15) is 9.59 Å². The molecule has 8 rings (SSSR count). The molecule has 5 aliphatic rings. The minimum atomic E-state index is -0.643. The summed E-state index contributed by atoms with van der Waals surface area (Å²) in [4.78, 5) is 34.9. The van der Waals surface area contributed by atoms with Gasteiger partial charge in [-0.2, -0.15) is 0 Å². The second-order valence-electron chi connectivity index (χ2n) is 13.7. The van der Waals surface area contributed by atoms with Gasteiger partial charge in [0.05, 0.1) is 55.5 Å². The Morgan fingerprint density at radius 1 is 0.875 bits per heavy atom. The number of amides is 2. The molecule has 1 aromatic heterocycles. The molecule has 3 fully saturated rings. The summed E-state index contributed by atoms with van der Waals surface area (Å²) in [6.45, 7) is 6.38. The normalized spacial score (nSPS) is 27.7. The molecule has 2 bridgehead atoms. The van der Waals surface area contributed by atoms with E-state index in [-0.39, 0.29) is 30.1 Å². The number of aromatic nitrogens is 3. The van der Waals surface area contributed by atoms with Crippen LogP contribution in [0.5, 0.6) is 5.75 Å². The lowest BCUT2D eigenvalue weighted by Crippen LogP contribution is -2.63. The summed E-state index contributed by atoms with van der Waals surface area (Å²) in [5, 5.41) is 12.3. The number of para-hydroxylation sites is 1. The number of fused-ring (bicyclic) bond motifs is 5. The Balaban J connectivity index is 1.03. The van der Waals surface area contributed by atoms with Gasteiger partial charge in [0.25, 0.3) is 5.91 Å². The van der Waals surface area contributed by atoms with Crippen molar-refractivity contribution < 1.29 is 23.8 Å². The topological polar surface area (TPSA) is 114 Å². The molecule has 48 heavy (non-hydrogen) atoms. The molecule has 3 saturated heterocycles. The van der Waals surface area contributed by atoms with E-state index in [4.69, 9.17) is 14.2 Å². The highest BCUT2D eigenvalue weighted by Gasteiger charge is 2.41. The third-order valence-corrected chi connectivity index (χ3v) is 10.8. The molecule has 12 nitrogen and oxygen atoms in total. The van der Waals surface area contributed by atoms with Gasteiger partial charge in [-0.15, -0.1) is 5.10 Å². The van der Waals surface area contributed by atoms with Gasteiger partial charge in [0.15, 0.2) is 0 Å². The summed E-state index contributed by atoms with van der Waals surface area (Å²) >= 11 is 0. The van der Waals surface area contributed by atoms with E-state index in [2.05, 4.69) is 49.7 Å². The summed E-state index contributed by atoms with van der Waals surface area (Å²) in [7, 11) is 0. The van der Waals surface area contributed by atoms with E-state index in [0.29, 0.717) is 56.6 Å². The van der Waals surface area contributed by atoms with E-state index in [1.807, 2.05) is 35.1 Å². The molecule has 5 heterocycles. The van der Waals surface area contributed by atoms with Gasteiger partial charge in [0.2, 0.25) is 5.91 Å². The van der Waals surface area contributed by atoms with Crippen molar-refractivity contribution in [3.8, 4) is 5.75 Å².